The van der Waals surface area contributed by atoms with Crippen LogP contribution in [0.15, 0.2) is 22.7 Å². The Balaban J connectivity index is 2.46. The molecule has 2 rings (SSSR count). The van der Waals surface area contributed by atoms with E-state index in [1.165, 1.54) is 18.2 Å². The fourth-order valence-electron chi connectivity index (χ4n) is 2.00. The van der Waals surface area contributed by atoms with Gasteiger partial charge in [-0.25, -0.2) is 8.42 Å². The van der Waals surface area contributed by atoms with Crippen LogP contribution in [-0.4, -0.2) is 31.0 Å². The number of anilines is 1. The molecule has 0 saturated carbocycles. The molecule has 0 bridgehead atoms. The van der Waals surface area contributed by atoms with E-state index in [4.69, 9.17) is 10.7 Å². The highest BCUT2D eigenvalue weighted by atomic mass is 79.9. The van der Waals surface area contributed by atoms with Gasteiger partial charge in [-0.05, 0) is 28.1 Å². The topological polar surface area (TPSA) is 97.6 Å². The van der Waals surface area contributed by atoms with E-state index in [1.807, 2.05) is 0 Å². The van der Waals surface area contributed by atoms with Crippen LogP contribution >= 0.6 is 26.6 Å². The molecule has 1 atom stereocenters. The summed E-state index contributed by atoms with van der Waals surface area (Å²) in [5.74, 6) is -0.513. The number of benzene rings is 1. The smallest absolute Gasteiger partial charge is 0.305 e. The monoisotopic (exact) mass is 382 g/mol. The van der Waals surface area contributed by atoms with Gasteiger partial charge in [0.15, 0.2) is 0 Å². The van der Waals surface area contributed by atoms with E-state index < -0.39 is 25.1 Å². The molecule has 1 aromatic carbocycles. The Labute approximate surface area is 127 Å². The second-order valence-electron chi connectivity index (χ2n) is 4.17. The van der Waals surface area contributed by atoms with Gasteiger partial charge >= 0.3 is 5.69 Å². The van der Waals surface area contributed by atoms with E-state index in [1.54, 1.807) is 0 Å². The molecule has 1 fully saturated rings. The van der Waals surface area contributed by atoms with Gasteiger partial charge in [-0.1, -0.05) is 6.07 Å². The lowest BCUT2D eigenvalue weighted by Crippen LogP contribution is -2.27. The molecule has 108 valence electrons. The van der Waals surface area contributed by atoms with E-state index in [2.05, 4.69) is 15.9 Å². The Hall–Kier alpha value is -1.19. The molecular weight excluding hydrogens is 376 g/mol. The van der Waals surface area contributed by atoms with Crippen LogP contribution in [0.2, 0.25) is 0 Å². The third-order valence-corrected chi connectivity index (χ3v) is 5.43. The Kier molecular flexibility index (Phi) is 4.03. The first-order valence-corrected chi connectivity index (χ1v) is 8.55. The second-order valence-corrected chi connectivity index (χ2v) is 7.93. The molecule has 20 heavy (non-hydrogen) atoms. The second kappa shape index (κ2) is 5.30. The predicted octanol–water partition coefficient (Wildman–Crippen LogP) is 2.03. The van der Waals surface area contributed by atoms with Crippen LogP contribution in [0.25, 0.3) is 0 Å². The van der Waals surface area contributed by atoms with E-state index in [9.17, 15) is 23.3 Å². The molecule has 10 heteroatoms. The van der Waals surface area contributed by atoms with Crippen molar-refractivity contribution in [1.29, 1.82) is 0 Å². The summed E-state index contributed by atoms with van der Waals surface area (Å²) in [7, 11) is 1.35. The number of amides is 1. The number of halogens is 2. The molecule has 1 unspecified atom stereocenters. The number of para-hydroxylation sites is 1. The number of carbonyl (C=O) groups excluding carboxylic acids is 1. The minimum absolute atomic E-state index is 0.0530. The maximum Gasteiger partial charge on any atom is 0.307 e. The van der Waals surface area contributed by atoms with Crippen LogP contribution in [0.1, 0.15) is 6.42 Å². The highest BCUT2D eigenvalue weighted by Crippen LogP contribution is 2.38. The zero-order valence-corrected chi connectivity index (χ0v) is 13.0. The zero-order valence-electron chi connectivity index (χ0n) is 9.82. The summed E-state index contributed by atoms with van der Waals surface area (Å²) in [4.78, 5) is 23.4. The quantitative estimate of drug-likeness (QED) is 0.452. The first-order valence-electron chi connectivity index (χ1n) is 5.38. The van der Waals surface area contributed by atoms with Gasteiger partial charge in [0.2, 0.25) is 15.0 Å². The van der Waals surface area contributed by atoms with Crippen molar-refractivity contribution in [3.63, 3.8) is 0 Å². The number of nitrogens with zero attached hydrogens (tertiary/aromatic N) is 2. The van der Waals surface area contributed by atoms with Crippen LogP contribution < -0.4 is 4.90 Å². The van der Waals surface area contributed by atoms with Crippen molar-refractivity contribution in [2.75, 3.05) is 11.4 Å². The molecule has 0 aliphatic carbocycles. The summed E-state index contributed by atoms with van der Waals surface area (Å²) >= 11 is 3.05. The molecule has 1 amide bonds. The average Bonchev–Trinajstić information content (AvgIpc) is 2.70. The van der Waals surface area contributed by atoms with Crippen molar-refractivity contribution in [2.24, 2.45) is 0 Å². The maximum absolute atomic E-state index is 11.9. The van der Waals surface area contributed by atoms with E-state index in [0.29, 0.717) is 0 Å². The first-order chi connectivity index (χ1) is 9.21. The standard InChI is InChI=1S/C10H8BrClN2O5S/c11-7-2-1-3-8(10(7)14(16)17)13-5-6(4-9(13)15)20(12,18)19/h1-3,6H,4-5H2. The number of carbonyl (C=O) groups is 1. The van der Waals surface area contributed by atoms with Gasteiger partial charge in [0.05, 0.1) is 9.40 Å². The molecule has 7 nitrogen and oxygen atoms in total. The minimum atomic E-state index is -3.89. The Morgan fingerprint density at radius 1 is 1.45 bits per heavy atom. The fourth-order valence-corrected chi connectivity index (χ4v) is 3.53. The molecule has 1 heterocycles. The van der Waals surface area contributed by atoms with Crippen LogP contribution in [0.3, 0.4) is 0 Å². The average molecular weight is 384 g/mol. The number of nitro groups is 1. The van der Waals surface area contributed by atoms with Crippen LogP contribution in [0.5, 0.6) is 0 Å². The SMILES string of the molecule is O=C1CC(S(=O)(=O)Cl)CN1c1cccc(Br)c1[N+](=O)[O-]. The summed E-state index contributed by atoms with van der Waals surface area (Å²) in [6, 6.07) is 4.39. The maximum atomic E-state index is 11.9. The largest absolute Gasteiger partial charge is 0.307 e. The van der Waals surface area contributed by atoms with Gasteiger partial charge in [-0.3, -0.25) is 14.9 Å². The Bertz CT molecular complexity index is 693. The summed E-state index contributed by atoms with van der Waals surface area (Å²) in [5, 5.41) is 10.0. The molecule has 0 spiro atoms. The van der Waals surface area contributed by atoms with E-state index in [0.717, 1.165) is 4.90 Å². The highest BCUT2D eigenvalue weighted by Gasteiger charge is 2.40. The molecule has 1 aliphatic heterocycles. The summed E-state index contributed by atoms with van der Waals surface area (Å²) in [6.45, 7) is -0.192. The third-order valence-electron chi connectivity index (χ3n) is 2.93. The van der Waals surface area contributed by atoms with Crippen molar-refractivity contribution < 1.29 is 18.1 Å². The third kappa shape index (κ3) is 2.79. The van der Waals surface area contributed by atoms with Crippen molar-refractivity contribution in [3.05, 3.63) is 32.8 Å². The van der Waals surface area contributed by atoms with Crippen LogP contribution in [0.4, 0.5) is 11.4 Å². The summed E-state index contributed by atoms with van der Waals surface area (Å²) in [6.07, 6.45) is -0.282. The lowest BCUT2D eigenvalue weighted by atomic mass is 10.2. The Morgan fingerprint density at radius 2 is 2.10 bits per heavy atom. The van der Waals surface area contributed by atoms with Gasteiger partial charge in [0.1, 0.15) is 10.9 Å². The van der Waals surface area contributed by atoms with Crippen LogP contribution in [-0.2, 0) is 13.8 Å². The van der Waals surface area contributed by atoms with Crippen molar-refractivity contribution in [2.45, 2.75) is 11.7 Å². The molecular formula is C10H8BrClN2O5S. The van der Waals surface area contributed by atoms with Gasteiger partial charge in [0, 0.05) is 23.6 Å². The van der Waals surface area contributed by atoms with Gasteiger partial charge in [-0.15, -0.1) is 0 Å². The predicted molar refractivity (Wildman–Crippen MR) is 76.3 cm³/mol. The number of nitro benzene ring substituents is 1. The van der Waals surface area contributed by atoms with Crippen molar-refractivity contribution in [3.8, 4) is 0 Å². The lowest BCUT2D eigenvalue weighted by molar-refractivity contribution is -0.384. The molecule has 0 radical (unpaired) electrons. The lowest BCUT2D eigenvalue weighted by Gasteiger charge is -2.16. The number of hydrogen-bond acceptors (Lipinski definition) is 5. The molecule has 0 N–H and O–H groups in total. The van der Waals surface area contributed by atoms with Gasteiger partial charge in [0.25, 0.3) is 0 Å². The molecule has 1 aromatic rings. The summed E-state index contributed by atoms with van der Waals surface area (Å²) < 4.78 is 22.8. The highest BCUT2D eigenvalue weighted by molar-refractivity contribution is 9.10. The normalized spacial score (nSPS) is 19.4. The van der Waals surface area contributed by atoms with E-state index >= 15 is 0 Å². The number of rotatable bonds is 3. The molecule has 1 aliphatic rings. The van der Waals surface area contributed by atoms with Crippen molar-refractivity contribution in [1.82, 2.24) is 0 Å². The van der Waals surface area contributed by atoms with Crippen LogP contribution in [0, 0.1) is 10.1 Å². The first kappa shape index (κ1) is 15.2. The zero-order chi connectivity index (χ0) is 15.1. The van der Waals surface area contributed by atoms with E-state index in [-0.39, 0.29) is 28.8 Å². The fraction of sp³-hybridized carbons (Fsp3) is 0.300. The van der Waals surface area contributed by atoms with Crippen molar-refractivity contribution >= 4 is 52.9 Å². The minimum Gasteiger partial charge on any atom is -0.305 e. The molecule has 0 aromatic heterocycles. The van der Waals surface area contributed by atoms with Gasteiger partial charge in [-0.2, -0.15) is 0 Å². The number of hydrogen-bond donors (Lipinski definition) is 0. The Morgan fingerprint density at radius 3 is 2.60 bits per heavy atom. The molecule has 1 saturated heterocycles. The summed E-state index contributed by atoms with van der Waals surface area (Å²) in [5.41, 5.74) is -0.231. The van der Waals surface area contributed by atoms with Gasteiger partial charge < -0.3 is 4.90 Å².